The molecule has 2 N–H and O–H groups in total. The van der Waals surface area contributed by atoms with Gasteiger partial charge in [-0.15, -0.1) is 5.10 Å². The van der Waals surface area contributed by atoms with E-state index in [4.69, 9.17) is 0 Å². The van der Waals surface area contributed by atoms with E-state index in [-0.39, 0.29) is 11.8 Å². The number of aliphatic hydroxyl groups excluding tert-OH is 1. The summed E-state index contributed by atoms with van der Waals surface area (Å²) in [6, 6.07) is 0.331. The van der Waals surface area contributed by atoms with Gasteiger partial charge in [0, 0.05) is 11.8 Å². The summed E-state index contributed by atoms with van der Waals surface area (Å²) < 4.78 is 1.70. The average Bonchev–Trinajstić information content (AvgIpc) is 3.00. The molecular weight excluding hydrogens is 214 g/mol. The number of thioether (sulfide) groups is 1. The van der Waals surface area contributed by atoms with E-state index in [1.807, 2.05) is 6.92 Å². The van der Waals surface area contributed by atoms with Crippen molar-refractivity contribution in [2.24, 2.45) is 0 Å². The molecule has 0 bridgehead atoms. The molecule has 0 radical (unpaired) electrons. The van der Waals surface area contributed by atoms with Crippen molar-refractivity contribution in [1.82, 2.24) is 14.8 Å². The van der Waals surface area contributed by atoms with E-state index in [0.29, 0.717) is 17.0 Å². The molecule has 2 rings (SSSR count). The lowest BCUT2D eigenvalue weighted by molar-refractivity contribution is 0.195. The number of aromatic amines is 1. The number of aromatic nitrogens is 3. The van der Waals surface area contributed by atoms with Crippen LogP contribution in [0.4, 0.5) is 0 Å². The van der Waals surface area contributed by atoms with Crippen molar-refractivity contribution in [3.63, 3.8) is 0 Å². The topological polar surface area (TPSA) is 70.9 Å². The van der Waals surface area contributed by atoms with Crippen LogP contribution in [-0.2, 0) is 0 Å². The maximum Gasteiger partial charge on any atom is 0.344 e. The Balaban J connectivity index is 2.04. The van der Waals surface area contributed by atoms with Gasteiger partial charge in [0.25, 0.3) is 0 Å². The standard InChI is InChI=1S/C9H15N3O2S/c1-2-7(13)5-15-9-11-10-8(14)12(9)6-3-4-6/h6-7,13H,2-5H2,1H3,(H,10,14). The predicted molar refractivity (Wildman–Crippen MR) is 58.1 cm³/mol. The third kappa shape index (κ3) is 2.43. The van der Waals surface area contributed by atoms with Crippen LogP contribution in [0.1, 0.15) is 32.2 Å². The minimum Gasteiger partial charge on any atom is -0.392 e. The van der Waals surface area contributed by atoms with Crippen LogP contribution in [0.25, 0.3) is 0 Å². The highest BCUT2D eigenvalue weighted by Crippen LogP contribution is 2.36. The number of nitrogens with zero attached hydrogens (tertiary/aromatic N) is 2. The summed E-state index contributed by atoms with van der Waals surface area (Å²) in [7, 11) is 0. The molecule has 0 spiro atoms. The number of hydrogen-bond acceptors (Lipinski definition) is 4. The highest BCUT2D eigenvalue weighted by molar-refractivity contribution is 7.99. The molecule has 0 saturated heterocycles. The van der Waals surface area contributed by atoms with Crippen molar-refractivity contribution in [3.8, 4) is 0 Å². The first-order valence-corrected chi connectivity index (χ1v) is 6.18. The Morgan fingerprint density at radius 2 is 2.47 bits per heavy atom. The van der Waals surface area contributed by atoms with E-state index < -0.39 is 0 Å². The largest absolute Gasteiger partial charge is 0.392 e. The van der Waals surface area contributed by atoms with Crippen LogP contribution in [0, 0.1) is 0 Å². The lowest BCUT2D eigenvalue weighted by atomic mass is 10.3. The number of nitrogens with one attached hydrogen (secondary N) is 1. The normalized spacial score (nSPS) is 18.0. The Kier molecular flexibility index (Phi) is 3.16. The van der Waals surface area contributed by atoms with Gasteiger partial charge >= 0.3 is 5.69 Å². The zero-order valence-electron chi connectivity index (χ0n) is 8.64. The molecule has 1 atom stereocenters. The van der Waals surface area contributed by atoms with Gasteiger partial charge in [-0.3, -0.25) is 4.57 Å². The van der Waals surface area contributed by atoms with Crippen LogP contribution in [0.3, 0.4) is 0 Å². The summed E-state index contributed by atoms with van der Waals surface area (Å²) in [5, 5.41) is 16.5. The lowest BCUT2D eigenvalue weighted by Crippen LogP contribution is -2.16. The minimum atomic E-state index is -0.325. The number of rotatable bonds is 5. The summed E-state index contributed by atoms with van der Waals surface area (Å²) in [6.45, 7) is 1.93. The van der Waals surface area contributed by atoms with Crippen LogP contribution in [0.5, 0.6) is 0 Å². The van der Waals surface area contributed by atoms with E-state index in [0.717, 1.165) is 19.3 Å². The number of aliphatic hydroxyl groups is 1. The predicted octanol–water partition coefficient (Wildman–Crippen LogP) is 0.769. The van der Waals surface area contributed by atoms with Gasteiger partial charge in [-0.25, -0.2) is 9.89 Å². The highest BCUT2D eigenvalue weighted by Gasteiger charge is 2.28. The zero-order valence-corrected chi connectivity index (χ0v) is 9.46. The third-order valence-electron chi connectivity index (χ3n) is 2.46. The Hall–Kier alpha value is -0.750. The van der Waals surface area contributed by atoms with Gasteiger partial charge in [0.1, 0.15) is 0 Å². The van der Waals surface area contributed by atoms with Gasteiger partial charge in [0.05, 0.1) is 6.10 Å². The molecule has 5 nitrogen and oxygen atoms in total. The first kappa shape index (κ1) is 10.8. The molecule has 1 heterocycles. The van der Waals surface area contributed by atoms with Gasteiger partial charge in [-0.1, -0.05) is 18.7 Å². The molecule has 0 aliphatic heterocycles. The van der Waals surface area contributed by atoms with Gasteiger partial charge < -0.3 is 5.11 Å². The molecule has 6 heteroatoms. The van der Waals surface area contributed by atoms with Gasteiger partial charge in [-0.2, -0.15) is 0 Å². The molecule has 1 aromatic rings. The minimum absolute atomic E-state index is 0.133. The monoisotopic (exact) mass is 229 g/mol. The SMILES string of the molecule is CCC(O)CSc1n[nH]c(=O)n1C1CC1. The molecule has 1 fully saturated rings. The van der Waals surface area contributed by atoms with Crippen molar-refractivity contribution in [2.75, 3.05) is 5.75 Å². The zero-order chi connectivity index (χ0) is 10.8. The molecule has 0 aromatic carbocycles. The van der Waals surface area contributed by atoms with Gasteiger partial charge in [-0.05, 0) is 19.3 Å². The Labute approximate surface area is 91.9 Å². The molecule has 1 aliphatic rings. The highest BCUT2D eigenvalue weighted by atomic mass is 32.2. The van der Waals surface area contributed by atoms with E-state index >= 15 is 0 Å². The fraction of sp³-hybridized carbons (Fsp3) is 0.778. The van der Waals surface area contributed by atoms with Crippen LogP contribution < -0.4 is 5.69 Å². The second-order valence-electron chi connectivity index (χ2n) is 3.79. The van der Waals surface area contributed by atoms with Crippen molar-refractivity contribution in [2.45, 2.75) is 43.5 Å². The molecule has 84 valence electrons. The smallest absolute Gasteiger partial charge is 0.344 e. The Morgan fingerprint density at radius 1 is 1.73 bits per heavy atom. The summed E-state index contributed by atoms with van der Waals surface area (Å²) in [5.74, 6) is 0.591. The lowest BCUT2D eigenvalue weighted by Gasteiger charge is -2.06. The summed E-state index contributed by atoms with van der Waals surface area (Å²) in [5.41, 5.74) is -0.133. The third-order valence-corrected chi connectivity index (χ3v) is 3.56. The Bertz CT molecular complexity index is 383. The van der Waals surface area contributed by atoms with E-state index in [9.17, 15) is 9.90 Å². The average molecular weight is 229 g/mol. The Morgan fingerprint density at radius 3 is 3.07 bits per heavy atom. The molecule has 1 aromatic heterocycles. The molecule has 0 amide bonds. The molecular formula is C9H15N3O2S. The van der Waals surface area contributed by atoms with E-state index in [1.54, 1.807) is 4.57 Å². The fourth-order valence-corrected chi connectivity index (χ4v) is 2.39. The molecule has 1 saturated carbocycles. The first-order valence-electron chi connectivity index (χ1n) is 5.20. The van der Waals surface area contributed by atoms with Gasteiger partial charge in [0.15, 0.2) is 5.16 Å². The second-order valence-corrected chi connectivity index (χ2v) is 4.77. The summed E-state index contributed by atoms with van der Waals surface area (Å²) in [4.78, 5) is 11.4. The van der Waals surface area contributed by atoms with Crippen molar-refractivity contribution in [3.05, 3.63) is 10.5 Å². The molecule has 15 heavy (non-hydrogen) atoms. The van der Waals surface area contributed by atoms with Crippen molar-refractivity contribution < 1.29 is 5.11 Å². The van der Waals surface area contributed by atoms with Crippen LogP contribution >= 0.6 is 11.8 Å². The first-order chi connectivity index (χ1) is 7.22. The number of hydrogen-bond donors (Lipinski definition) is 2. The molecule has 1 aliphatic carbocycles. The fourth-order valence-electron chi connectivity index (χ4n) is 1.34. The number of H-pyrrole nitrogens is 1. The van der Waals surface area contributed by atoms with E-state index in [2.05, 4.69) is 10.2 Å². The van der Waals surface area contributed by atoms with Crippen LogP contribution in [-0.4, -0.2) is 31.7 Å². The summed E-state index contributed by atoms with van der Waals surface area (Å²) in [6.07, 6.45) is 2.52. The second kappa shape index (κ2) is 4.40. The van der Waals surface area contributed by atoms with E-state index in [1.165, 1.54) is 11.8 Å². The van der Waals surface area contributed by atoms with Gasteiger partial charge in [0.2, 0.25) is 0 Å². The quantitative estimate of drug-likeness (QED) is 0.732. The van der Waals surface area contributed by atoms with Crippen molar-refractivity contribution >= 4 is 11.8 Å². The van der Waals surface area contributed by atoms with Crippen LogP contribution in [0.2, 0.25) is 0 Å². The maximum atomic E-state index is 11.4. The van der Waals surface area contributed by atoms with Crippen LogP contribution in [0.15, 0.2) is 9.95 Å². The summed E-state index contributed by atoms with van der Waals surface area (Å²) >= 11 is 1.44. The van der Waals surface area contributed by atoms with Crippen molar-refractivity contribution in [1.29, 1.82) is 0 Å². The maximum absolute atomic E-state index is 11.4. The molecule has 1 unspecified atom stereocenters.